The van der Waals surface area contributed by atoms with Gasteiger partial charge in [0.05, 0.1) is 5.69 Å². The first kappa shape index (κ1) is 8.88. The highest BCUT2D eigenvalue weighted by molar-refractivity contribution is 5.43. The molecule has 0 amide bonds. The Bertz CT molecular complexity index is 364. The molecule has 1 heterocycles. The molecule has 0 radical (unpaired) electrons. The van der Waals surface area contributed by atoms with Crippen LogP contribution in [-0.2, 0) is 0 Å². The van der Waals surface area contributed by atoms with Gasteiger partial charge in [-0.1, -0.05) is 30.3 Å². The number of benzene rings is 1. The third-order valence-electron chi connectivity index (χ3n) is 2.28. The summed E-state index contributed by atoms with van der Waals surface area (Å²) in [5.74, 6) is 0. The summed E-state index contributed by atoms with van der Waals surface area (Å²) in [4.78, 5) is 3.02. The van der Waals surface area contributed by atoms with Crippen LogP contribution in [0.15, 0.2) is 48.8 Å². The van der Waals surface area contributed by atoms with Crippen LogP contribution < -0.4 is 5.32 Å². The molecule has 0 saturated carbocycles. The van der Waals surface area contributed by atoms with Gasteiger partial charge >= 0.3 is 0 Å². The summed E-state index contributed by atoms with van der Waals surface area (Å²) in [6.07, 6.45) is 3.87. The maximum atomic E-state index is 3.41. The van der Waals surface area contributed by atoms with Gasteiger partial charge in [-0.3, -0.25) is 0 Å². The zero-order valence-corrected chi connectivity index (χ0v) is 8.20. The first-order valence-corrected chi connectivity index (χ1v) is 4.80. The van der Waals surface area contributed by atoms with Crippen LogP contribution >= 0.6 is 0 Å². The van der Waals surface area contributed by atoms with Crippen molar-refractivity contribution in [2.24, 2.45) is 0 Å². The largest absolute Gasteiger partial charge is 0.377 e. The fourth-order valence-electron chi connectivity index (χ4n) is 1.49. The molecule has 0 aliphatic rings. The van der Waals surface area contributed by atoms with Crippen molar-refractivity contribution in [3.05, 3.63) is 54.4 Å². The van der Waals surface area contributed by atoms with Gasteiger partial charge in [0, 0.05) is 18.4 Å². The molecule has 1 atom stereocenters. The lowest BCUT2D eigenvalue weighted by molar-refractivity contribution is 0.885. The first-order chi connectivity index (χ1) is 6.86. The normalized spacial score (nSPS) is 12.4. The van der Waals surface area contributed by atoms with E-state index in [0.717, 1.165) is 5.69 Å². The quantitative estimate of drug-likeness (QED) is 0.757. The van der Waals surface area contributed by atoms with Crippen LogP contribution in [0.1, 0.15) is 18.5 Å². The number of H-pyrrole nitrogens is 1. The van der Waals surface area contributed by atoms with E-state index in [1.54, 1.807) is 0 Å². The zero-order chi connectivity index (χ0) is 9.80. The van der Waals surface area contributed by atoms with E-state index in [9.17, 15) is 0 Å². The van der Waals surface area contributed by atoms with Crippen molar-refractivity contribution in [3.8, 4) is 0 Å². The molecule has 0 spiro atoms. The van der Waals surface area contributed by atoms with Gasteiger partial charge in [0.15, 0.2) is 0 Å². The molecule has 2 aromatic rings. The van der Waals surface area contributed by atoms with Crippen molar-refractivity contribution < 1.29 is 0 Å². The monoisotopic (exact) mass is 186 g/mol. The fraction of sp³-hybridized carbons (Fsp3) is 0.167. The number of nitrogens with one attached hydrogen (secondary N) is 2. The maximum absolute atomic E-state index is 3.41. The summed E-state index contributed by atoms with van der Waals surface area (Å²) in [6.45, 7) is 2.16. The summed E-state index contributed by atoms with van der Waals surface area (Å²) < 4.78 is 0. The van der Waals surface area contributed by atoms with Gasteiger partial charge in [0.2, 0.25) is 0 Å². The molecule has 0 aliphatic carbocycles. The van der Waals surface area contributed by atoms with E-state index < -0.39 is 0 Å². The molecule has 14 heavy (non-hydrogen) atoms. The Kier molecular flexibility index (Phi) is 2.54. The van der Waals surface area contributed by atoms with Crippen LogP contribution in [0.2, 0.25) is 0 Å². The molecule has 1 aromatic heterocycles. The minimum absolute atomic E-state index is 0.340. The highest BCUT2D eigenvalue weighted by atomic mass is 14.9. The highest BCUT2D eigenvalue weighted by Gasteiger charge is 2.03. The van der Waals surface area contributed by atoms with Crippen molar-refractivity contribution in [3.63, 3.8) is 0 Å². The van der Waals surface area contributed by atoms with E-state index in [1.165, 1.54) is 5.56 Å². The number of aromatic amines is 1. The van der Waals surface area contributed by atoms with Gasteiger partial charge in [-0.25, -0.2) is 0 Å². The predicted octanol–water partition coefficient (Wildman–Crippen LogP) is 3.19. The van der Waals surface area contributed by atoms with E-state index in [2.05, 4.69) is 41.5 Å². The highest BCUT2D eigenvalue weighted by Crippen LogP contribution is 2.17. The Balaban J connectivity index is 2.07. The molecule has 72 valence electrons. The molecule has 0 bridgehead atoms. The van der Waals surface area contributed by atoms with Crippen molar-refractivity contribution in [2.45, 2.75) is 13.0 Å². The lowest BCUT2D eigenvalue weighted by Gasteiger charge is -2.13. The predicted molar refractivity (Wildman–Crippen MR) is 59.3 cm³/mol. The smallest absolute Gasteiger partial charge is 0.0522 e. The second-order valence-corrected chi connectivity index (χ2v) is 3.38. The second-order valence-electron chi connectivity index (χ2n) is 3.38. The molecule has 2 N–H and O–H groups in total. The number of anilines is 1. The fourth-order valence-corrected chi connectivity index (χ4v) is 1.49. The Hall–Kier alpha value is -1.70. The number of hydrogen-bond donors (Lipinski definition) is 2. The maximum Gasteiger partial charge on any atom is 0.0522 e. The number of rotatable bonds is 3. The molecule has 0 aliphatic heterocycles. The lowest BCUT2D eigenvalue weighted by Crippen LogP contribution is -2.05. The Morgan fingerprint density at radius 2 is 1.93 bits per heavy atom. The van der Waals surface area contributed by atoms with Crippen LogP contribution in [0, 0.1) is 0 Å². The second kappa shape index (κ2) is 4.01. The van der Waals surface area contributed by atoms with Crippen LogP contribution in [-0.4, -0.2) is 4.98 Å². The van der Waals surface area contributed by atoms with E-state index in [-0.39, 0.29) is 0 Å². The van der Waals surface area contributed by atoms with Gasteiger partial charge in [-0.15, -0.1) is 0 Å². The first-order valence-electron chi connectivity index (χ1n) is 4.80. The standard InChI is InChI=1S/C12H14N2/c1-10(11-5-3-2-4-6-11)14-12-7-8-13-9-12/h2-10,13-14H,1H3/t10-/m1/s1. The Morgan fingerprint density at radius 1 is 1.14 bits per heavy atom. The van der Waals surface area contributed by atoms with Crippen LogP contribution in [0.3, 0.4) is 0 Å². The molecule has 2 heteroatoms. The molecule has 0 fully saturated rings. The summed E-state index contributed by atoms with van der Waals surface area (Å²) in [7, 11) is 0. The van der Waals surface area contributed by atoms with Crippen LogP contribution in [0.5, 0.6) is 0 Å². The molecule has 2 rings (SSSR count). The summed E-state index contributed by atoms with van der Waals surface area (Å²) >= 11 is 0. The van der Waals surface area contributed by atoms with E-state index in [4.69, 9.17) is 0 Å². The SMILES string of the molecule is C[C@@H](Nc1cc[nH]c1)c1ccccc1. The molecular formula is C12H14N2. The van der Waals surface area contributed by atoms with Gasteiger partial charge in [-0.05, 0) is 18.6 Å². The number of aromatic nitrogens is 1. The lowest BCUT2D eigenvalue weighted by atomic mass is 10.1. The topological polar surface area (TPSA) is 27.8 Å². The zero-order valence-electron chi connectivity index (χ0n) is 8.20. The average Bonchev–Trinajstić information content (AvgIpc) is 2.72. The van der Waals surface area contributed by atoms with E-state index in [0.29, 0.717) is 6.04 Å². The van der Waals surface area contributed by atoms with Crippen LogP contribution in [0.25, 0.3) is 0 Å². The molecule has 1 aromatic carbocycles. The summed E-state index contributed by atoms with van der Waals surface area (Å²) in [6, 6.07) is 12.8. The van der Waals surface area contributed by atoms with Crippen molar-refractivity contribution in [2.75, 3.05) is 5.32 Å². The van der Waals surface area contributed by atoms with Gasteiger partial charge < -0.3 is 10.3 Å². The third-order valence-corrected chi connectivity index (χ3v) is 2.28. The van der Waals surface area contributed by atoms with E-state index >= 15 is 0 Å². The van der Waals surface area contributed by atoms with Crippen LogP contribution in [0.4, 0.5) is 5.69 Å². The van der Waals surface area contributed by atoms with Gasteiger partial charge in [0.25, 0.3) is 0 Å². The third kappa shape index (κ3) is 1.96. The minimum atomic E-state index is 0.340. The summed E-state index contributed by atoms with van der Waals surface area (Å²) in [5, 5.41) is 3.41. The minimum Gasteiger partial charge on any atom is -0.377 e. The Morgan fingerprint density at radius 3 is 2.57 bits per heavy atom. The van der Waals surface area contributed by atoms with Gasteiger partial charge in [0.1, 0.15) is 0 Å². The molecular weight excluding hydrogens is 172 g/mol. The van der Waals surface area contributed by atoms with E-state index in [1.807, 2.05) is 24.5 Å². The molecule has 0 unspecified atom stereocenters. The van der Waals surface area contributed by atoms with Crippen molar-refractivity contribution in [1.29, 1.82) is 0 Å². The Labute approximate surface area is 84.0 Å². The average molecular weight is 186 g/mol. The molecule has 2 nitrogen and oxygen atoms in total. The van der Waals surface area contributed by atoms with Crippen molar-refractivity contribution in [1.82, 2.24) is 4.98 Å². The molecule has 0 saturated heterocycles. The summed E-state index contributed by atoms with van der Waals surface area (Å²) in [5.41, 5.74) is 2.43. The van der Waals surface area contributed by atoms with Gasteiger partial charge in [-0.2, -0.15) is 0 Å². The van der Waals surface area contributed by atoms with Crippen molar-refractivity contribution >= 4 is 5.69 Å². The number of hydrogen-bond acceptors (Lipinski definition) is 1.